The highest BCUT2D eigenvalue weighted by atomic mass is 16.1. The third-order valence-corrected chi connectivity index (χ3v) is 2.15. The molecular weight excluding hydrogens is 228 g/mol. The summed E-state index contributed by atoms with van der Waals surface area (Å²) in [5.41, 5.74) is 5.81. The molecule has 1 amide bonds. The Labute approximate surface area is 104 Å². The molecule has 0 aliphatic heterocycles. The van der Waals surface area contributed by atoms with E-state index in [0.717, 1.165) is 11.4 Å². The van der Waals surface area contributed by atoms with E-state index in [1.807, 2.05) is 24.3 Å². The second-order valence-electron chi connectivity index (χ2n) is 3.55. The van der Waals surface area contributed by atoms with Crippen LogP contribution in [-0.2, 0) is 4.79 Å². The molecule has 0 fully saturated rings. The van der Waals surface area contributed by atoms with Gasteiger partial charge in [-0.1, -0.05) is 6.07 Å². The van der Waals surface area contributed by atoms with Crippen molar-refractivity contribution in [1.82, 2.24) is 9.97 Å². The van der Waals surface area contributed by atoms with Crippen LogP contribution in [0.15, 0.2) is 48.8 Å². The molecule has 0 unspecified atom stereocenters. The molecule has 5 nitrogen and oxygen atoms in total. The lowest BCUT2D eigenvalue weighted by atomic mass is 10.2. The number of amides is 1. The van der Waals surface area contributed by atoms with Gasteiger partial charge in [-0.15, -0.1) is 0 Å². The third kappa shape index (κ3) is 3.41. The predicted molar refractivity (Wildman–Crippen MR) is 70.0 cm³/mol. The Balaban J connectivity index is 2.06. The first-order valence-corrected chi connectivity index (χ1v) is 5.36. The van der Waals surface area contributed by atoms with E-state index in [1.165, 1.54) is 6.08 Å². The standard InChI is InChI=1S/C13H12N4O/c14-11(18)6-4-10-5-7-13(16-9-10)17-12-3-1-2-8-15-12/h1-9H,(H2,14,18)(H,15,16,17). The van der Waals surface area contributed by atoms with Crippen LogP contribution in [-0.4, -0.2) is 15.9 Å². The van der Waals surface area contributed by atoms with Crippen LogP contribution in [0.3, 0.4) is 0 Å². The van der Waals surface area contributed by atoms with Crippen molar-refractivity contribution in [3.63, 3.8) is 0 Å². The molecule has 0 saturated carbocycles. The van der Waals surface area contributed by atoms with Gasteiger partial charge >= 0.3 is 0 Å². The molecular formula is C13H12N4O. The number of aromatic nitrogens is 2. The molecule has 0 aromatic carbocycles. The monoisotopic (exact) mass is 240 g/mol. The van der Waals surface area contributed by atoms with Crippen molar-refractivity contribution in [2.75, 3.05) is 5.32 Å². The largest absolute Gasteiger partial charge is 0.366 e. The topological polar surface area (TPSA) is 80.9 Å². The number of nitrogens with zero attached hydrogens (tertiary/aromatic N) is 2. The van der Waals surface area contributed by atoms with Crippen molar-refractivity contribution < 1.29 is 4.79 Å². The number of primary amides is 1. The van der Waals surface area contributed by atoms with Gasteiger partial charge in [0, 0.05) is 18.5 Å². The molecule has 0 aliphatic rings. The lowest BCUT2D eigenvalue weighted by Gasteiger charge is -2.03. The summed E-state index contributed by atoms with van der Waals surface area (Å²) >= 11 is 0. The fraction of sp³-hybridized carbons (Fsp3) is 0. The number of pyridine rings is 2. The molecule has 0 aliphatic carbocycles. The molecule has 90 valence electrons. The summed E-state index contributed by atoms with van der Waals surface area (Å²) in [5.74, 6) is 0.932. The molecule has 2 heterocycles. The Morgan fingerprint density at radius 1 is 1.17 bits per heavy atom. The minimum absolute atomic E-state index is 0.481. The third-order valence-electron chi connectivity index (χ3n) is 2.15. The normalized spacial score (nSPS) is 10.4. The zero-order valence-electron chi connectivity index (χ0n) is 9.58. The minimum Gasteiger partial charge on any atom is -0.366 e. The molecule has 0 radical (unpaired) electrons. The second kappa shape index (κ2) is 5.58. The number of nitrogens with two attached hydrogens (primary N) is 1. The molecule has 2 rings (SSSR count). The van der Waals surface area contributed by atoms with Crippen LogP contribution in [0.25, 0.3) is 6.08 Å². The van der Waals surface area contributed by atoms with Gasteiger partial charge in [0.25, 0.3) is 0 Å². The van der Waals surface area contributed by atoms with E-state index in [0.29, 0.717) is 5.82 Å². The summed E-state index contributed by atoms with van der Waals surface area (Å²) in [4.78, 5) is 18.9. The molecule has 0 bridgehead atoms. The van der Waals surface area contributed by atoms with Gasteiger partial charge in [0.15, 0.2) is 0 Å². The quantitative estimate of drug-likeness (QED) is 0.797. The zero-order chi connectivity index (χ0) is 12.8. The Kier molecular flexibility index (Phi) is 3.66. The first-order chi connectivity index (χ1) is 8.74. The van der Waals surface area contributed by atoms with Crippen LogP contribution in [0.4, 0.5) is 11.6 Å². The summed E-state index contributed by atoms with van der Waals surface area (Å²) in [7, 11) is 0. The molecule has 2 aromatic rings. The number of anilines is 2. The van der Waals surface area contributed by atoms with Crippen molar-refractivity contribution in [2.45, 2.75) is 0 Å². The lowest BCUT2D eigenvalue weighted by molar-refractivity contribution is -0.113. The van der Waals surface area contributed by atoms with Gasteiger partial charge in [0.05, 0.1) is 0 Å². The highest BCUT2D eigenvalue weighted by Gasteiger charge is 1.96. The van der Waals surface area contributed by atoms with Gasteiger partial charge in [-0.2, -0.15) is 0 Å². The average molecular weight is 240 g/mol. The summed E-state index contributed by atoms with van der Waals surface area (Å²) in [6.07, 6.45) is 6.25. The number of carbonyl (C=O) groups excluding carboxylic acids is 1. The highest BCUT2D eigenvalue weighted by Crippen LogP contribution is 2.11. The molecule has 3 N–H and O–H groups in total. The summed E-state index contributed by atoms with van der Waals surface area (Å²) in [6.45, 7) is 0. The van der Waals surface area contributed by atoms with Crippen molar-refractivity contribution in [3.8, 4) is 0 Å². The predicted octanol–water partition coefficient (Wildman–Crippen LogP) is 1.72. The van der Waals surface area contributed by atoms with E-state index in [4.69, 9.17) is 5.73 Å². The van der Waals surface area contributed by atoms with Crippen LogP contribution in [0.2, 0.25) is 0 Å². The van der Waals surface area contributed by atoms with E-state index < -0.39 is 5.91 Å². The maximum Gasteiger partial charge on any atom is 0.241 e. The molecule has 5 heteroatoms. The zero-order valence-corrected chi connectivity index (χ0v) is 9.58. The van der Waals surface area contributed by atoms with Crippen molar-refractivity contribution in [2.24, 2.45) is 5.73 Å². The minimum atomic E-state index is -0.481. The average Bonchev–Trinajstić information content (AvgIpc) is 2.39. The maximum atomic E-state index is 10.6. The van der Waals surface area contributed by atoms with Crippen molar-refractivity contribution >= 4 is 23.6 Å². The van der Waals surface area contributed by atoms with E-state index in [-0.39, 0.29) is 0 Å². The lowest BCUT2D eigenvalue weighted by Crippen LogP contribution is -2.05. The Morgan fingerprint density at radius 2 is 2.00 bits per heavy atom. The van der Waals surface area contributed by atoms with Gasteiger partial charge in [-0.25, -0.2) is 9.97 Å². The Hall–Kier alpha value is -2.69. The molecule has 2 aromatic heterocycles. The first-order valence-electron chi connectivity index (χ1n) is 5.36. The van der Waals surface area contributed by atoms with Gasteiger partial charge in [-0.05, 0) is 35.9 Å². The number of carbonyl (C=O) groups is 1. The van der Waals surface area contributed by atoms with E-state index >= 15 is 0 Å². The van der Waals surface area contributed by atoms with Gasteiger partial charge in [-0.3, -0.25) is 4.79 Å². The van der Waals surface area contributed by atoms with Crippen LogP contribution < -0.4 is 11.1 Å². The number of hydrogen-bond acceptors (Lipinski definition) is 4. The summed E-state index contributed by atoms with van der Waals surface area (Å²) < 4.78 is 0. The molecule has 0 saturated heterocycles. The van der Waals surface area contributed by atoms with Crippen LogP contribution >= 0.6 is 0 Å². The summed E-state index contributed by atoms with van der Waals surface area (Å²) in [5, 5.41) is 3.06. The van der Waals surface area contributed by atoms with Gasteiger partial charge in [0.1, 0.15) is 11.6 Å². The number of rotatable bonds is 4. The first kappa shape index (κ1) is 11.8. The van der Waals surface area contributed by atoms with Crippen LogP contribution in [0, 0.1) is 0 Å². The number of hydrogen-bond donors (Lipinski definition) is 2. The van der Waals surface area contributed by atoms with Gasteiger partial charge in [0.2, 0.25) is 5.91 Å². The van der Waals surface area contributed by atoms with E-state index in [1.54, 1.807) is 24.5 Å². The number of nitrogens with one attached hydrogen (secondary N) is 1. The molecule has 0 spiro atoms. The van der Waals surface area contributed by atoms with Crippen LogP contribution in [0.1, 0.15) is 5.56 Å². The molecule has 18 heavy (non-hydrogen) atoms. The maximum absolute atomic E-state index is 10.6. The van der Waals surface area contributed by atoms with E-state index in [9.17, 15) is 4.79 Å². The van der Waals surface area contributed by atoms with Gasteiger partial charge < -0.3 is 11.1 Å². The smallest absolute Gasteiger partial charge is 0.241 e. The Bertz CT molecular complexity index is 549. The van der Waals surface area contributed by atoms with Crippen LogP contribution in [0.5, 0.6) is 0 Å². The Morgan fingerprint density at radius 3 is 2.61 bits per heavy atom. The van der Waals surface area contributed by atoms with Crippen molar-refractivity contribution in [1.29, 1.82) is 0 Å². The molecule has 0 atom stereocenters. The fourth-order valence-corrected chi connectivity index (χ4v) is 1.32. The summed E-state index contributed by atoms with van der Waals surface area (Å²) in [6, 6.07) is 9.21. The second-order valence-corrected chi connectivity index (χ2v) is 3.55. The SMILES string of the molecule is NC(=O)C=Cc1ccc(Nc2ccccn2)nc1. The fourth-order valence-electron chi connectivity index (χ4n) is 1.32. The van der Waals surface area contributed by atoms with Crippen molar-refractivity contribution in [3.05, 3.63) is 54.4 Å². The highest BCUT2D eigenvalue weighted by molar-refractivity contribution is 5.90. The van der Waals surface area contributed by atoms with E-state index in [2.05, 4.69) is 15.3 Å².